The van der Waals surface area contributed by atoms with E-state index < -0.39 is 10.0 Å². The van der Waals surface area contributed by atoms with Crippen LogP contribution in [0.3, 0.4) is 0 Å². The third kappa shape index (κ3) is 4.20. The summed E-state index contributed by atoms with van der Waals surface area (Å²) in [4.78, 5) is 0.121. The Kier molecular flexibility index (Phi) is 6.21. The molecule has 0 saturated carbocycles. The van der Waals surface area contributed by atoms with Gasteiger partial charge in [-0.1, -0.05) is 17.7 Å². The van der Waals surface area contributed by atoms with Gasteiger partial charge in [0.05, 0.1) is 17.0 Å². The number of hydrogen-bond acceptors (Lipinski definition) is 4. The van der Waals surface area contributed by atoms with E-state index in [9.17, 15) is 8.42 Å². The summed E-state index contributed by atoms with van der Waals surface area (Å²) in [5.74, 6) is 0.439. The first-order valence-electron chi connectivity index (χ1n) is 7.65. The predicted molar refractivity (Wildman–Crippen MR) is 102 cm³/mol. The molecule has 0 saturated heterocycles. The van der Waals surface area contributed by atoms with Crippen LogP contribution >= 0.6 is 24.0 Å². The number of nitrogens with one attached hydrogen (secondary N) is 1. The highest BCUT2D eigenvalue weighted by atomic mass is 35.5. The molecule has 1 unspecified atom stereocenters. The van der Waals surface area contributed by atoms with Crippen LogP contribution in [0, 0.1) is 0 Å². The van der Waals surface area contributed by atoms with Crippen molar-refractivity contribution in [3.63, 3.8) is 0 Å². The number of benzene rings is 2. The Morgan fingerprint density at radius 3 is 2.68 bits per heavy atom. The molecule has 1 aliphatic carbocycles. The number of nitrogens with two attached hydrogens (primary N) is 1. The Bertz CT molecular complexity index is 872. The van der Waals surface area contributed by atoms with Gasteiger partial charge in [0, 0.05) is 11.7 Å². The molecule has 0 aliphatic heterocycles. The van der Waals surface area contributed by atoms with E-state index in [-0.39, 0.29) is 28.4 Å². The highest BCUT2D eigenvalue weighted by molar-refractivity contribution is 7.89. The summed E-state index contributed by atoms with van der Waals surface area (Å²) in [7, 11) is -2.20. The van der Waals surface area contributed by atoms with Gasteiger partial charge in [0.1, 0.15) is 5.75 Å². The molecule has 0 aromatic heterocycles. The minimum atomic E-state index is -3.68. The smallest absolute Gasteiger partial charge is 0.241 e. The maximum atomic E-state index is 12.7. The molecule has 1 atom stereocenters. The normalized spacial score (nSPS) is 16.6. The maximum absolute atomic E-state index is 12.7. The molecule has 25 heavy (non-hydrogen) atoms. The fourth-order valence-electron chi connectivity index (χ4n) is 3.03. The number of anilines is 1. The molecule has 0 heterocycles. The van der Waals surface area contributed by atoms with Gasteiger partial charge in [-0.25, -0.2) is 13.1 Å². The molecule has 0 spiro atoms. The number of halogens is 2. The average Bonchev–Trinajstić information content (AvgIpc) is 2.54. The lowest BCUT2D eigenvalue weighted by atomic mass is 9.88. The van der Waals surface area contributed by atoms with Gasteiger partial charge in [0.15, 0.2) is 0 Å². The third-order valence-corrected chi connectivity index (χ3v) is 5.98. The summed E-state index contributed by atoms with van der Waals surface area (Å²) in [6.45, 7) is 0. The van der Waals surface area contributed by atoms with Crippen molar-refractivity contribution in [2.75, 3.05) is 12.8 Å². The van der Waals surface area contributed by atoms with Crippen molar-refractivity contribution >= 4 is 39.7 Å². The van der Waals surface area contributed by atoms with Crippen LogP contribution in [0.25, 0.3) is 0 Å². The molecule has 136 valence electrons. The Hall–Kier alpha value is -1.47. The Labute approximate surface area is 159 Å². The minimum absolute atomic E-state index is 0. The highest BCUT2D eigenvalue weighted by Crippen LogP contribution is 2.33. The largest absolute Gasteiger partial charge is 0.495 e. The maximum Gasteiger partial charge on any atom is 0.241 e. The number of aryl methyl sites for hydroxylation is 1. The van der Waals surface area contributed by atoms with Crippen LogP contribution in [0.15, 0.2) is 41.3 Å². The summed E-state index contributed by atoms with van der Waals surface area (Å²) in [6.07, 6.45) is 2.57. The standard InChI is InChI=1S/C17H19ClN2O3S.ClH/c1-23-17-8-6-13(10-15(17)18)24(21,22)20-16-4-2-3-11-9-12(19)5-7-14(11)16;/h5-10,16,20H,2-4,19H2,1H3;1H. The quantitative estimate of drug-likeness (QED) is 0.763. The van der Waals surface area contributed by atoms with Gasteiger partial charge in [0.25, 0.3) is 0 Å². The topological polar surface area (TPSA) is 81.4 Å². The van der Waals surface area contributed by atoms with Crippen LogP contribution in [-0.4, -0.2) is 15.5 Å². The lowest BCUT2D eigenvalue weighted by molar-refractivity contribution is 0.414. The Morgan fingerprint density at radius 1 is 1.24 bits per heavy atom. The van der Waals surface area contributed by atoms with E-state index in [1.807, 2.05) is 12.1 Å². The van der Waals surface area contributed by atoms with Crippen molar-refractivity contribution < 1.29 is 13.2 Å². The zero-order valence-corrected chi connectivity index (χ0v) is 16.0. The van der Waals surface area contributed by atoms with Gasteiger partial charge >= 0.3 is 0 Å². The molecule has 0 bridgehead atoms. The zero-order chi connectivity index (χ0) is 17.3. The first kappa shape index (κ1) is 19.8. The summed E-state index contributed by atoms with van der Waals surface area (Å²) in [6, 6.07) is 9.79. The van der Waals surface area contributed by atoms with Crippen LogP contribution in [0.2, 0.25) is 5.02 Å². The van der Waals surface area contributed by atoms with Crippen LogP contribution in [-0.2, 0) is 16.4 Å². The Balaban J connectivity index is 0.00000225. The summed E-state index contributed by atoms with van der Waals surface area (Å²) < 4.78 is 33.2. The fourth-order valence-corrected chi connectivity index (χ4v) is 4.62. The lowest BCUT2D eigenvalue weighted by Gasteiger charge is -2.26. The van der Waals surface area contributed by atoms with Crippen LogP contribution in [0.1, 0.15) is 30.0 Å². The molecule has 2 aromatic carbocycles. The van der Waals surface area contributed by atoms with Gasteiger partial charge in [-0.2, -0.15) is 0 Å². The summed E-state index contributed by atoms with van der Waals surface area (Å²) in [5.41, 5.74) is 8.60. The van der Waals surface area contributed by atoms with Crippen molar-refractivity contribution in [2.24, 2.45) is 0 Å². The second-order valence-electron chi connectivity index (χ2n) is 5.82. The van der Waals surface area contributed by atoms with E-state index in [0.29, 0.717) is 11.4 Å². The summed E-state index contributed by atoms with van der Waals surface area (Å²) >= 11 is 6.05. The van der Waals surface area contributed by atoms with Crippen LogP contribution in [0.4, 0.5) is 5.69 Å². The molecule has 1 aliphatic rings. The van der Waals surface area contributed by atoms with Gasteiger partial charge in [0.2, 0.25) is 10.0 Å². The SMILES string of the molecule is COc1ccc(S(=O)(=O)NC2CCCc3cc(N)ccc32)cc1Cl.Cl. The first-order chi connectivity index (χ1) is 11.4. The van der Waals surface area contributed by atoms with Crippen molar-refractivity contribution in [3.05, 3.63) is 52.5 Å². The van der Waals surface area contributed by atoms with E-state index in [4.69, 9.17) is 22.1 Å². The van der Waals surface area contributed by atoms with Crippen molar-refractivity contribution in [1.29, 1.82) is 0 Å². The van der Waals surface area contributed by atoms with E-state index in [1.54, 1.807) is 12.1 Å². The molecule has 5 nitrogen and oxygen atoms in total. The number of nitrogen functional groups attached to an aromatic ring is 1. The van der Waals surface area contributed by atoms with E-state index >= 15 is 0 Å². The minimum Gasteiger partial charge on any atom is -0.495 e. The van der Waals surface area contributed by atoms with Gasteiger partial charge < -0.3 is 10.5 Å². The lowest BCUT2D eigenvalue weighted by Crippen LogP contribution is -2.31. The van der Waals surface area contributed by atoms with Crippen LogP contribution in [0.5, 0.6) is 5.75 Å². The van der Waals surface area contributed by atoms with Gasteiger partial charge in [-0.15, -0.1) is 12.4 Å². The van der Waals surface area contributed by atoms with Crippen molar-refractivity contribution in [1.82, 2.24) is 4.72 Å². The third-order valence-electron chi connectivity index (χ3n) is 4.21. The monoisotopic (exact) mass is 402 g/mol. The molecule has 0 fully saturated rings. The summed E-state index contributed by atoms with van der Waals surface area (Å²) in [5, 5.41) is 0.261. The molecule has 0 amide bonds. The van der Waals surface area contributed by atoms with E-state index in [0.717, 1.165) is 30.4 Å². The highest BCUT2D eigenvalue weighted by Gasteiger charge is 2.26. The Morgan fingerprint density at radius 2 is 2.00 bits per heavy atom. The first-order valence-corrected chi connectivity index (χ1v) is 9.51. The molecule has 2 aromatic rings. The molecule has 0 radical (unpaired) electrons. The number of rotatable bonds is 4. The van der Waals surface area contributed by atoms with Crippen molar-refractivity contribution in [3.8, 4) is 5.75 Å². The van der Waals surface area contributed by atoms with Gasteiger partial charge in [-0.3, -0.25) is 0 Å². The molecule has 8 heteroatoms. The molecule has 3 N–H and O–H groups in total. The second-order valence-corrected chi connectivity index (χ2v) is 7.94. The number of methoxy groups -OCH3 is 1. The van der Waals surface area contributed by atoms with Crippen molar-refractivity contribution in [2.45, 2.75) is 30.2 Å². The molecular formula is C17H20Cl2N2O3S. The number of hydrogen-bond donors (Lipinski definition) is 2. The fraction of sp³-hybridized carbons (Fsp3) is 0.294. The van der Waals surface area contributed by atoms with Crippen LogP contribution < -0.4 is 15.2 Å². The average molecular weight is 403 g/mol. The number of ether oxygens (including phenoxy) is 1. The zero-order valence-electron chi connectivity index (χ0n) is 13.7. The second kappa shape index (κ2) is 7.83. The van der Waals surface area contributed by atoms with E-state index in [2.05, 4.69) is 4.72 Å². The molecular weight excluding hydrogens is 383 g/mol. The predicted octanol–water partition coefficient (Wildman–Crippen LogP) is 3.71. The number of sulfonamides is 1. The van der Waals surface area contributed by atoms with E-state index in [1.165, 1.54) is 19.2 Å². The number of fused-ring (bicyclic) bond motifs is 1. The molecule has 3 rings (SSSR count). The van der Waals surface area contributed by atoms with Gasteiger partial charge in [-0.05, 0) is 60.7 Å².